The van der Waals surface area contributed by atoms with E-state index in [1.807, 2.05) is 42.5 Å². The van der Waals surface area contributed by atoms with E-state index in [0.29, 0.717) is 18.2 Å². The molecule has 0 aliphatic carbocycles. The molecule has 4 aromatic rings. The molecule has 3 aromatic carbocycles. The third-order valence-corrected chi connectivity index (χ3v) is 6.19. The molecule has 0 radical (unpaired) electrons. The molecule has 0 spiro atoms. The maximum atomic E-state index is 12.4. The standard InChI is InChI=1S/C28H29N5O2/c34-26(15-16-27-30-31-28(35-27)23-9-5-2-6-10-23)29-24-11-13-25(14-12-24)33-19-17-32(18-20-33)21-22-7-3-1-4-8-22/h1-14H,15-21H2,(H,29,34). The molecule has 0 saturated carbocycles. The topological polar surface area (TPSA) is 74.5 Å². The monoisotopic (exact) mass is 467 g/mol. The minimum Gasteiger partial charge on any atom is -0.421 e. The number of carbonyl (C=O) groups is 1. The molecule has 1 aliphatic rings. The summed E-state index contributed by atoms with van der Waals surface area (Å²) < 4.78 is 5.68. The lowest BCUT2D eigenvalue weighted by Crippen LogP contribution is -2.45. The fraction of sp³-hybridized carbons (Fsp3) is 0.250. The normalized spacial score (nSPS) is 14.1. The summed E-state index contributed by atoms with van der Waals surface area (Å²) in [5.41, 5.74) is 4.20. The highest BCUT2D eigenvalue weighted by atomic mass is 16.4. The number of nitrogens with zero attached hydrogens (tertiary/aromatic N) is 4. The van der Waals surface area contributed by atoms with Crippen molar-refractivity contribution in [3.05, 3.63) is 96.4 Å². The highest BCUT2D eigenvalue weighted by Gasteiger charge is 2.17. The molecular weight excluding hydrogens is 438 g/mol. The average Bonchev–Trinajstić information content (AvgIpc) is 3.39. The van der Waals surface area contributed by atoms with E-state index in [0.717, 1.165) is 44.0 Å². The van der Waals surface area contributed by atoms with Crippen LogP contribution in [0, 0.1) is 0 Å². The molecule has 0 atom stereocenters. The Kier molecular flexibility index (Phi) is 7.15. The van der Waals surface area contributed by atoms with Crippen LogP contribution in [-0.2, 0) is 17.8 Å². The zero-order valence-electron chi connectivity index (χ0n) is 19.6. The van der Waals surface area contributed by atoms with Gasteiger partial charge in [0, 0.05) is 62.5 Å². The average molecular weight is 468 g/mol. The number of hydrogen-bond acceptors (Lipinski definition) is 6. The molecule has 0 unspecified atom stereocenters. The Bertz CT molecular complexity index is 1220. The van der Waals surface area contributed by atoms with Gasteiger partial charge in [-0.25, -0.2) is 0 Å². The summed E-state index contributed by atoms with van der Waals surface area (Å²) in [6, 6.07) is 28.3. The predicted octanol–water partition coefficient (Wildman–Crippen LogP) is 4.63. The molecule has 1 aromatic heterocycles. The molecule has 1 amide bonds. The molecule has 1 saturated heterocycles. The number of aromatic nitrogens is 2. The number of aryl methyl sites for hydroxylation is 1. The molecule has 178 valence electrons. The minimum atomic E-state index is -0.0771. The van der Waals surface area contributed by atoms with Crippen molar-refractivity contribution < 1.29 is 9.21 Å². The Balaban J connectivity index is 1.07. The van der Waals surface area contributed by atoms with Gasteiger partial charge in [0.25, 0.3) is 0 Å². The summed E-state index contributed by atoms with van der Waals surface area (Å²) in [5, 5.41) is 11.1. The van der Waals surface area contributed by atoms with Gasteiger partial charge in [-0.05, 0) is 42.0 Å². The van der Waals surface area contributed by atoms with Crippen LogP contribution in [0.1, 0.15) is 17.9 Å². The SMILES string of the molecule is O=C(CCc1nnc(-c2ccccc2)o1)Nc1ccc(N2CCN(Cc3ccccc3)CC2)cc1. The lowest BCUT2D eigenvalue weighted by Gasteiger charge is -2.36. The van der Waals surface area contributed by atoms with Crippen LogP contribution < -0.4 is 10.2 Å². The smallest absolute Gasteiger partial charge is 0.247 e. The Labute approximate surface area is 205 Å². The van der Waals surface area contributed by atoms with E-state index in [1.54, 1.807) is 0 Å². The number of carbonyl (C=O) groups excluding carboxylic acids is 1. The second-order valence-corrected chi connectivity index (χ2v) is 8.71. The predicted molar refractivity (Wildman–Crippen MR) is 137 cm³/mol. The van der Waals surface area contributed by atoms with Crippen LogP contribution in [0.4, 0.5) is 11.4 Å². The molecule has 7 heteroatoms. The lowest BCUT2D eigenvalue weighted by atomic mass is 10.2. The molecule has 5 rings (SSSR count). The zero-order valence-corrected chi connectivity index (χ0v) is 19.6. The Morgan fingerprint density at radius 2 is 1.51 bits per heavy atom. The summed E-state index contributed by atoms with van der Waals surface area (Å²) in [6.07, 6.45) is 0.679. The molecule has 7 nitrogen and oxygen atoms in total. The number of benzene rings is 3. The second kappa shape index (κ2) is 11.0. The first kappa shape index (κ1) is 22.8. The van der Waals surface area contributed by atoms with Gasteiger partial charge >= 0.3 is 0 Å². The van der Waals surface area contributed by atoms with Crippen molar-refractivity contribution in [3.63, 3.8) is 0 Å². The zero-order chi connectivity index (χ0) is 23.9. The molecule has 35 heavy (non-hydrogen) atoms. The van der Waals surface area contributed by atoms with Crippen LogP contribution in [0.15, 0.2) is 89.3 Å². The number of nitrogens with one attached hydrogen (secondary N) is 1. The number of piperazine rings is 1. The van der Waals surface area contributed by atoms with Crippen LogP contribution in [-0.4, -0.2) is 47.2 Å². The summed E-state index contributed by atoms with van der Waals surface area (Å²) >= 11 is 0. The second-order valence-electron chi connectivity index (χ2n) is 8.71. The fourth-order valence-corrected chi connectivity index (χ4v) is 4.26. The van der Waals surface area contributed by atoms with E-state index in [-0.39, 0.29) is 12.3 Å². The molecule has 1 fully saturated rings. The molecule has 1 aliphatic heterocycles. The first-order valence-electron chi connectivity index (χ1n) is 12.0. The van der Waals surface area contributed by atoms with Gasteiger partial charge in [-0.2, -0.15) is 0 Å². The number of amides is 1. The van der Waals surface area contributed by atoms with Crippen molar-refractivity contribution in [2.24, 2.45) is 0 Å². The van der Waals surface area contributed by atoms with Gasteiger partial charge in [0.15, 0.2) is 0 Å². The van der Waals surface area contributed by atoms with Crippen LogP contribution >= 0.6 is 0 Å². The minimum absolute atomic E-state index is 0.0771. The summed E-state index contributed by atoms with van der Waals surface area (Å²) in [6.45, 7) is 5.06. The van der Waals surface area contributed by atoms with Crippen molar-refractivity contribution in [1.29, 1.82) is 0 Å². The summed E-state index contributed by atoms with van der Waals surface area (Å²) in [5.74, 6) is 0.852. The van der Waals surface area contributed by atoms with Gasteiger partial charge in [-0.15, -0.1) is 10.2 Å². The molecular formula is C28H29N5O2. The number of rotatable bonds is 8. The van der Waals surface area contributed by atoms with Crippen LogP contribution in [0.3, 0.4) is 0 Å². The van der Waals surface area contributed by atoms with E-state index in [1.165, 1.54) is 11.3 Å². The quantitative estimate of drug-likeness (QED) is 0.407. The van der Waals surface area contributed by atoms with Crippen LogP contribution in [0.2, 0.25) is 0 Å². The van der Waals surface area contributed by atoms with Crippen LogP contribution in [0.25, 0.3) is 11.5 Å². The van der Waals surface area contributed by atoms with E-state index in [4.69, 9.17) is 4.42 Å². The van der Waals surface area contributed by atoms with E-state index in [9.17, 15) is 4.79 Å². The number of anilines is 2. The largest absolute Gasteiger partial charge is 0.421 e. The fourth-order valence-electron chi connectivity index (χ4n) is 4.26. The third-order valence-electron chi connectivity index (χ3n) is 6.19. The summed E-state index contributed by atoms with van der Waals surface area (Å²) in [4.78, 5) is 17.3. The highest BCUT2D eigenvalue weighted by Crippen LogP contribution is 2.21. The van der Waals surface area contributed by atoms with Gasteiger partial charge in [0.05, 0.1) is 0 Å². The van der Waals surface area contributed by atoms with Gasteiger partial charge < -0.3 is 14.6 Å². The Morgan fingerprint density at radius 3 is 2.23 bits per heavy atom. The molecule has 0 bridgehead atoms. The number of hydrogen-bond donors (Lipinski definition) is 1. The maximum absolute atomic E-state index is 12.4. The van der Waals surface area contributed by atoms with E-state index >= 15 is 0 Å². The first-order valence-corrected chi connectivity index (χ1v) is 12.0. The van der Waals surface area contributed by atoms with Crippen molar-refractivity contribution in [3.8, 4) is 11.5 Å². The summed E-state index contributed by atoms with van der Waals surface area (Å²) in [7, 11) is 0. The maximum Gasteiger partial charge on any atom is 0.247 e. The van der Waals surface area contributed by atoms with E-state index in [2.05, 4.69) is 67.8 Å². The van der Waals surface area contributed by atoms with Crippen molar-refractivity contribution in [2.75, 3.05) is 36.4 Å². The van der Waals surface area contributed by atoms with Gasteiger partial charge in [-0.3, -0.25) is 9.69 Å². The third kappa shape index (κ3) is 6.13. The van der Waals surface area contributed by atoms with Crippen molar-refractivity contribution >= 4 is 17.3 Å². The van der Waals surface area contributed by atoms with Gasteiger partial charge in [0.2, 0.25) is 17.7 Å². The van der Waals surface area contributed by atoms with Crippen molar-refractivity contribution in [1.82, 2.24) is 15.1 Å². The first-order chi connectivity index (χ1) is 17.2. The van der Waals surface area contributed by atoms with Gasteiger partial charge in [-0.1, -0.05) is 48.5 Å². The van der Waals surface area contributed by atoms with E-state index < -0.39 is 0 Å². The lowest BCUT2D eigenvalue weighted by molar-refractivity contribution is -0.116. The Hall–Kier alpha value is -3.97. The molecule has 1 N–H and O–H groups in total. The highest BCUT2D eigenvalue weighted by molar-refractivity contribution is 5.91. The van der Waals surface area contributed by atoms with Crippen LogP contribution in [0.5, 0.6) is 0 Å². The van der Waals surface area contributed by atoms with Gasteiger partial charge in [0.1, 0.15) is 0 Å². The molecule has 2 heterocycles. The van der Waals surface area contributed by atoms with Crippen molar-refractivity contribution in [2.45, 2.75) is 19.4 Å². The Morgan fingerprint density at radius 1 is 0.829 bits per heavy atom.